The summed E-state index contributed by atoms with van der Waals surface area (Å²) in [6.45, 7) is 3.09. The zero-order valence-electron chi connectivity index (χ0n) is 20.1. The van der Waals surface area contributed by atoms with Gasteiger partial charge in [-0.3, -0.25) is 4.79 Å². The van der Waals surface area contributed by atoms with Gasteiger partial charge in [-0.1, -0.05) is 24.2 Å². The van der Waals surface area contributed by atoms with Gasteiger partial charge in [0.05, 0.1) is 20.8 Å². The maximum atomic E-state index is 13.1. The lowest BCUT2D eigenvalue weighted by Crippen LogP contribution is -2.31. The molecule has 1 saturated heterocycles. The molecular formula is C25H25N5O5S2. The van der Waals surface area contributed by atoms with Crippen molar-refractivity contribution in [3.05, 3.63) is 53.7 Å². The molecule has 1 N–H and O–H groups in total. The number of benzene rings is 2. The van der Waals surface area contributed by atoms with E-state index in [4.69, 9.17) is 9.47 Å². The van der Waals surface area contributed by atoms with Crippen LogP contribution in [-0.4, -0.2) is 53.3 Å². The molecule has 4 aromatic rings. The van der Waals surface area contributed by atoms with Gasteiger partial charge >= 0.3 is 0 Å². The fourth-order valence-electron chi connectivity index (χ4n) is 4.53. The first-order chi connectivity index (χ1) is 17.9. The highest BCUT2D eigenvalue weighted by molar-refractivity contribution is 7.89. The van der Waals surface area contributed by atoms with E-state index in [1.807, 2.05) is 19.1 Å². The molecule has 37 heavy (non-hydrogen) atoms. The minimum Gasteiger partial charge on any atom is -0.454 e. The lowest BCUT2D eigenvalue weighted by Gasteiger charge is -2.20. The monoisotopic (exact) mass is 539 g/mol. The molecule has 192 valence electrons. The summed E-state index contributed by atoms with van der Waals surface area (Å²) in [5.41, 5.74) is 1.80. The Morgan fingerprint density at radius 2 is 1.70 bits per heavy atom. The molecule has 2 aliphatic rings. The predicted octanol–water partition coefficient (Wildman–Crippen LogP) is 4.34. The molecule has 1 fully saturated rings. The summed E-state index contributed by atoms with van der Waals surface area (Å²) >= 11 is 1.42. The van der Waals surface area contributed by atoms with Crippen molar-refractivity contribution in [1.29, 1.82) is 0 Å². The zero-order valence-corrected chi connectivity index (χ0v) is 21.8. The number of hydrogen-bond acceptors (Lipinski definition) is 8. The van der Waals surface area contributed by atoms with Gasteiger partial charge in [0.25, 0.3) is 5.91 Å². The van der Waals surface area contributed by atoms with E-state index >= 15 is 0 Å². The van der Waals surface area contributed by atoms with Crippen molar-refractivity contribution >= 4 is 43.3 Å². The van der Waals surface area contributed by atoms with Crippen molar-refractivity contribution in [3.8, 4) is 16.6 Å². The number of sulfonamides is 1. The summed E-state index contributed by atoms with van der Waals surface area (Å²) in [5, 5.41) is 7.98. The van der Waals surface area contributed by atoms with Crippen molar-refractivity contribution in [3.63, 3.8) is 0 Å². The molecule has 0 unspecified atom stereocenters. The predicted molar refractivity (Wildman–Crippen MR) is 139 cm³/mol. The van der Waals surface area contributed by atoms with Crippen LogP contribution in [0, 0.1) is 6.92 Å². The lowest BCUT2D eigenvalue weighted by atomic mass is 10.2. The third-order valence-corrected chi connectivity index (χ3v) is 9.35. The minimum atomic E-state index is -3.58. The van der Waals surface area contributed by atoms with Gasteiger partial charge in [0.2, 0.25) is 21.9 Å². The number of anilines is 1. The van der Waals surface area contributed by atoms with Crippen LogP contribution in [0.1, 0.15) is 41.7 Å². The Balaban J connectivity index is 1.23. The molecule has 10 nitrogen and oxygen atoms in total. The summed E-state index contributed by atoms with van der Waals surface area (Å²) < 4.78 is 41.0. The number of amides is 1. The maximum Gasteiger partial charge on any atom is 0.256 e. The van der Waals surface area contributed by atoms with Gasteiger partial charge in [-0.2, -0.15) is 14.1 Å². The molecule has 0 atom stereocenters. The van der Waals surface area contributed by atoms with Crippen LogP contribution in [0.4, 0.5) is 5.82 Å². The highest BCUT2D eigenvalue weighted by atomic mass is 32.2. The second-order valence-corrected chi connectivity index (χ2v) is 12.0. The summed E-state index contributed by atoms with van der Waals surface area (Å²) in [5.74, 6) is 1.41. The van der Waals surface area contributed by atoms with Gasteiger partial charge < -0.3 is 14.8 Å². The molecule has 0 spiro atoms. The summed E-state index contributed by atoms with van der Waals surface area (Å²) in [7, 11) is -3.58. The van der Waals surface area contributed by atoms with Gasteiger partial charge in [0.15, 0.2) is 11.5 Å². The third kappa shape index (κ3) is 4.56. The number of carbonyl (C=O) groups excluding carboxylic acids is 1. The normalized spacial score (nSPS) is 16.1. The van der Waals surface area contributed by atoms with Gasteiger partial charge in [-0.15, -0.1) is 0 Å². The fourth-order valence-corrected chi connectivity index (χ4v) is 6.99. The Morgan fingerprint density at radius 3 is 2.43 bits per heavy atom. The minimum absolute atomic E-state index is 0.194. The Bertz CT molecular complexity index is 1540. The average Bonchev–Trinajstić information content (AvgIpc) is 3.54. The number of aryl methyl sites for hydroxylation is 1. The van der Waals surface area contributed by atoms with Crippen molar-refractivity contribution < 1.29 is 22.7 Å². The Morgan fingerprint density at radius 1 is 1.00 bits per heavy atom. The number of thiazole rings is 1. The molecule has 1 amide bonds. The number of hydrogen-bond donors (Lipinski definition) is 1. The van der Waals surface area contributed by atoms with Gasteiger partial charge in [0, 0.05) is 36.9 Å². The molecular weight excluding hydrogens is 514 g/mol. The van der Waals surface area contributed by atoms with E-state index in [1.54, 1.807) is 15.1 Å². The standard InChI is InChI=1S/C25H25N5O5S2/c1-16-12-23(30(28-16)25-26-19-13-20-21(35-15-34-20)14-22(19)36-25)27-24(31)17-6-8-18(9-7-17)37(32,33)29-10-4-2-3-5-11-29/h6-9,12-14H,2-5,10-11,15H2,1H3,(H,27,31). The summed E-state index contributed by atoms with van der Waals surface area (Å²) in [6.07, 6.45) is 3.82. The Labute approximate surface area is 217 Å². The number of fused-ring (bicyclic) bond motifs is 2. The Kier molecular flexibility index (Phi) is 6.09. The van der Waals surface area contributed by atoms with Gasteiger partial charge in [-0.05, 0) is 44.0 Å². The number of nitrogens with one attached hydrogen (secondary N) is 1. The number of ether oxygens (including phenoxy) is 2. The number of aromatic nitrogens is 3. The van der Waals surface area contributed by atoms with E-state index in [0.29, 0.717) is 46.8 Å². The molecule has 2 aromatic heterocycles. The van der Waals surface area contributed by atoms with Crippen LogP contribution in [0.25, 0.3) is 15.3 Å². The molecule has 0 aliphatic carbocycles. The van der Waals surface area contributed by atoms with Crippen LogP contribution in [0.15, 0.2) is 47.4 Å². The van der Waals surface area contributed by atoms with Crippen LogP contribution >= 0.6 is 11.3 Å². The molecule has 0 bridgehead atoms. The first-order valence-corrected chi connectivity index (χ1v) is 14.3. The van der Waals surface area contributed by atoms with Crippen molar-refractivity contribution in [1.82, 2.24) is 19.1 Å². The van der Waals surface area contributed by atoms with Crippen molar-refractivity contribution in [2.45, 2.75) is 37.5 Å². The van der Waals surface area contributed by atoms with E-state index in [2.05, 4.69) is 15.4 Å². The summed E-state index contributed by atoms with van der Waals surface area (Å²) in [6, 6.07) is 11.5. The smallest absolute Gasteiger partial charge is 0.256 e. The van der Waals surface area contributed by atoms with Crippen LogP contribution in [-0.2, 0) is 10.0 Å². The molecule has 4 heterocycles. The van der Waals surface area contributed by atoms with E-state index < -0.39 is 10.0 Å². The van der Waals surface area contributed by atoms with E-state index in [-0.39, 0.29) is 17.6 Å². The van der Waals surface area contributed by atoms with Crippen molar-refractivity contribution in [2.24, 2.45) is 0 Å². The molecule has 6 rings (SSSR count). The first-order valence-electron chi connectivity index (χ1n) is 12.1. The molecule has 0 saturated carbocycles. The van der Waals surface area contributed by atoms with Gasteiger partial charge in [-0.25, -0.2) is 13.4 Å². The van der Waals surface area contributed by atoms with E-state index in [1.165, 1.54) is 35.6 Å². The average molecular weight is 540 g/mol. The first kappa shape index (κ1) is 23.9. The van der Waals surface area contributed by atoms with Crippen LogP contribution in [0.5, 0.6) is 11.5 Å². The number of rotatable bonds is 5. The molecule has 12 heteroatoms. The second kappa shape index (κ2) is 9.43. The lowest BCUT2D eigenvalue weighted by molar-refractivity contribution is 0.102. The van der Waals surface area contributed by atoms with Crippen LogP contribution < -0.4 is 14.8 Å². The Hall–Kier alpha value is -3.48. The van der Waals surface area contributed by atoms with Crippen LogP contribution in [0.3, 0.4) is 0 Å². The van der Waals surface area contributed by atoms with E-state index in [9.17, 15) is 13.2 Å². The number of nitrogens with zero attached hydrogens (tertiary/aromatic N) is 4. The largest absolute Gasteiger partial charge is 0.454 e. The summed E-state index contributed by atoms with van der Waals surface area (Å²) in [4.78, 5) is 17.9. The highest BCUT2D eigenvalue weighted by Gasteiger charge is 2.25. The molecule has 0 radical (unpaired) electrons. The molecule has 2 aromatic carbocycles. The van der Waals surface area contributed by atoms with E-state index in [0.717, 1.165) is 35.9 Å². The zero-order chi connectivity index (χ0) is 25.6. The van der Waals surface area contributed by atoms with Gasteiger partial charge in [0.1, 0.15) is 5.82 Å². The topological polar surface area (TPSA) is 116 Å². The highest BCUT2D eigenvalue weighted by Crippen LogP contribution is 2.39. The maximum absolute atomic E-state index is 13.1. The van der Waals surface area contributed by atoms with Crippen molar-refractivity contribution in [2.75, 3.05) is 25.2 Å². The third-order valence-electron chi connectivity index (χ3n) is 6.45. The molecule has 2 aliphatic heterocycles. The second-order valence-electron chi connectivity index (χ2n) is 9.05. The quantitative estimate of drug-likeness (QED) is 0.401. The van der Waals surface area contributed by atoms with Crippen LogP contribution in [0.2, 0.25) is 0 Å². The number of carbonyl (C=O) groups is 1. The fraction of sp³-hybridized carbons (Fsp3) is 0.320. The SMILES string of the molecule is Cc1cc(NC(=O)c2ccc(S(=O)(=O)N3CCCCCC3)cc2)n(-c2nc3cc4c(cc3s2)OCO4)n1.